The maximum atomic E-state index is 12.9. The fourth-order valence-electron chi connectivity index (χ4n) is 3.23. The molecule has 174 valence electrons. The number of hydrogen-bond acceptors (Lipinski definition) is 4. The molecule has 1 aromatic heterocycles. The van der Waals surface area contributed by atoms with Gasteiger partial charge in [-0.05, 0) is 55.0 Å². The van der Waals surface area contributed by atoms with E-state index >= 15 is 0 Å². The highest BCUT2D eigenvalue weighted by Gasteiger charge is 2.22. The zero-order chi connectivity index (χ0) is 24.3. The molecular weight excluding hydrogens is 464 g/mol. The van der Waals surface area contributed by atoms with Crippen LogP contribution in [-0.2, 0) is 14.9 Å². The van der Waals surface area contributed by atoms with Gasteiger partial charge in [0.15, 0.2) is 0 Å². The molecule has 0 atom stereocenters. The summed E-state index contributed by atoms with van der Waals surface area (Å²) in [6, 6.07) is 15.4. The number of nitrogens with zero attached hydrogens (tertiary/aromatic N) is 4. The zero-order valence-corrected chi connectivity index (χ0v) is 20.6. The number of carbonyl (C=O) groups excluding carboxylic acids is 1. The second-order valence-electron chi connectivity index (χ2n) is 7.51. The third-order valence-corrected chi connectivity index (χ3v) is 6.48. The van der Waals surface area contributed by atoms with E-state index in [1.165, 1.54) is 32.6 Å². The Hall–Kier alpha value is -3.14. The molecule has 0 unspecified atom stereocenters. The van der Waals surface area contributed by atoms with Gasteiger partial charge >= 0.3 is 0 Å². The Bertz CT molecular complexity index is 1280. The van der Waals surface area contributed by atoms with Crippen molar-refractivity contribution >= 4 is 33.9 Å². The first-order valence-electron chi connectivity index (χ1n) is 9.93. The summed E-state index contributed by atoms with van der Waals surface area (Å²) in [5.74, 6) is -0.304. The minimum atomic E-state index is -3.83. The van der Waals surface area contributed by atoms with Crippen molar-refractivity contribution in [1.82, 2.24) is 14.5 Å². The van der Waals surface area contributed by atoms with Crippen molar-refractivity contribution in [2.75, 3.05) is 28.3 Å². The van der Waals surface area contributed by atoms with Crippen LogP contribution in [0, 0.1) is 6.92 Å². The van der Waals surface area contributed by atoms with Gasteiger partial charge in [0.1, 0.15) is 6.34 Å². The summed E-state index contributed by atoms with van der Waals surface area (Å²) in [5.41, 5.74) is 3.41. The largest absolute Gasteiger partial charge is 0.368 e. The minimum absolute atomic E-state index is 0.0672. The average molecular weight is 489 g/mol. The van der Waals surface area contributed by atoms with Crippen LogP contribution in [0.1, 0.15) is 16.1 Å². The molecule has 0 fully saturated rings. The Labute approximate surface area is 198 Å². The Balaban J connectivity index is 2.14. The summed E-state index contributed by atoms with van der Waals surface area (Å²) in [6.07, 6.45) is 1.24. The van der Waals surface area contributed by atoms with Gasteiger partial charge in [-0.25, -0.2) is 5.06 Å². The molecule has 3 aromatic rings. The summed E-state index contributed by atoms with van der Waals surface area (Å²) in [6.45, 7) is 1.82. The van der Waals surface area contributed by atoms with Crippen molar-refractivity contribution < 1.29 is 18.0 Å². The molecule has 1 heterocycles. The lowest BCUT2D eigenvalue weighted by atomic mass is 10.1. The molecule has 0 aliphatic carbocycles. The Morgan fingerprint density at radius 2 is 1.67 bits per heavy atom. The molecular formula is C23H25ClN4O4S. The molecule has 33 heavy (non-hydrogen) atoms. The lowest BCUT2D eigenvalue weighted by molar-refractivity contribution is -0.0757. The summed E-state index contributed by atoms with van der Waals surface area (Å²) in [4.78, 5) is 19.5. The lowest BCUT2D eigenvalue weighted by Crippen LogP contribution is -2.25. The van der Waals surface area contributed by atoms with Crippen LogP contribution in [0.25, 0.3) is 16.9 Å². The van der Waals surface area contributed by atoms with E-state index in [1.807, 2.05) is 23.6 Å². The number of amides is 1. The van der Waals surface area contributed by atoms with Crippen LogP contribution in [0.2, 0.25) is 5.02 Å². The standard InChI is InChI=1S/C23H25ClN4O4S/c1-16-21(23(29)27(4)32-5)14-22(17-6-8-18(24)9-7-17)28(16)19-10-12-20(13-11-19)33(30,31)25-15-26(2)3/h6-15H,1-5H3/b25-15+. The van der Waals surface area contributed by atoms with Crippen LogP contribution < -0.4 is 0 Å². The third-order valence-electron chi connectivity index (χ3n) is 4.99. The molecule has 0 spiro atoms. The van der Waals surface area contributed by atoms with Crippen molar-refractivity contribution in [3.05, 3.63) is 70.9 Å². The number of aromatic nitrogens is 1. The van der Waals surface area contributed by atoms with Crippen molar-refractivity contribution in [3.8, 4) is 16.9 Å². The molecule has 0 N–H and O–H groups in total. The van der Waals surface area contributed by atoms with Gasteiger partial charge in [-0.3, -0.25) is 9.63 Å². The second kappa shape index (κ2) is 9.78. The van der Waals surface area contributed by atoms with Crippen molar-refractivity contribution in [3.63, 3.8) is 0 Å². The van der Waals surface area contributed by atoms with E-state index in [-0.39, 0.29) is 10.8 Å². The maximum absolute atomic E-state index is 12.9. The van der Waals surface area contributed by atoms with E-state index in [0.29, 0.717) is 22.0 Å². The van der Waals surface area contributed by atoms with Crippen LogP contribution >= 0.6 is 11.6 Å². The number of sulfonamides is 1. The van der Waals surface area contributed by atoms with Crippen LogP contribution in [0.3, 0.4) is 0 Å². The predicted octanol–water partition coefficient (Wildman–Crippen LogP) is 4.02. The second-order valence-corrected chi connectivity index (χ2v) is 9.58. The van der Waals surface area contributed by atoms with Gasteiger partial charge in [-0.2, -0.15) is 8.42 Å². The molecule has 0 saturated heterocycles. The number of rotatable bonds is 7. The van der Waals surface area contributed by atoms with Gasteiger partial charge in [0, 0.05) is 37.5 Å². The molecule has 8 nitrogen and oxygen atoms in total. The topological polar surface area (TPSA) is 84.2 Å². The monoisotopic (exact) mass is 488 g/mol. The first-order chi connectivity index (χ1) is 15.5. The third kappa shape index (κ3) is 5.27. The Morgan fingerprint density at radius 1 is 1.06 bits per heavy atom. The van der Waals surface area contributed by atoms with Gasteiger partial charge in [0.25, 0.3) is 15.9 Å². The molecule has 2 aromatic carbocycles. The quantitative estimate of drug-likeness (QED) is 0.285. The number of hydroxylamine groups is 2. The summed E-state index contributed by atoms with van der Waals surface area (Å²) >= 11 is 6.05. The molecule has 10 heteroatoms. The molecule has 0 aliphatic heterocycles. The molecule has 0 bridgehead atoms. The van der Waals surface area contributed by atoms with Crippen molar-refractivity contribution in [2.24, 2.45) is 4.40 Å². The number of carbonyl (C=O) groups is 1. The Kier molecular flexibility index (Phi) is 7.26. The summed E-state index contributed by atoms with van der Waals surface area (Å²) in [5, 5.41) is 1.74. The molecule has 0 aliphatic rings. The summed E-state index contributed by atoms with van der Waals surface area (Å²) in [7, 11) is 2.51. The maximum Gasteiger partial charge on any atom is 0.283 e. The van der Waals surface area contributed by atoms with E-state index < -0.39 is 10.0 Å². The molecule has 0 radical (unpaired) electrons. The highest BCUT2D eigenvalue weighted by Crippen LogP contribution is 2.31. The van der Waals surface area contributed by atoms with E-state index in [4.69, 9.17) is 16.4 Å². The fraction of sp³-hybridized carbons (Fsp3) is 0.217. The van der Waals surface area contributed by atoms with Crippen LogP contribution in [0.15, 0.2) is 63.9 Å². The smallest absolute Gasteiger partial charge is 0.283 e. The van der Waals surface area contributed by atoms with E-state index in [9.17, 15) is 13.2 Å². The highest BCUT2D eigenvalue weighted by atomic mass is 35.5. The van der Waals surface area contributed by atoms with Crippen molar-refractivity contribution in [1.29, 1.82) is 0 Å². The first kappa shape index (κ1) is 24.5. The Morgan fingerprint density at radius 3 is 2.21 bits per heavy atom. The van der Waals surface area contributed by atoms with Gasteiger partial charge in [0.2, 0.25) is 0 Å². The zero-order valence-electron chi connectivity index (χ0n) is 19.0. The van der Waals surface area contributed by atoms with Gasteiger partial charge < -0.3 is 9.47 Å². The highest BCUT2D eigenvalue weighted by molar-refractivity contribution is 7.90. The first-order valence-corrected chi connectivity index (χ1v) is 11.7. The molecule has 3 rings (SSSR count). The molecule has 1 amide bonds. The van der Waals surface area contributed by atoms with Gasteiger partial charge in [-0.15, -0.1) is 4.40 Å². The molecule has 0 saturated carbocycles. The van der Waals surface area contributed by atoms with E-state index in [1.54, 1.807) is 49.3 Å². The van der Waals surface area contributed by atoms with Gasteiger partial charge in [0.05, 0.1) is 23.3 Å². The van der Waals surface area contributed by atoms with Crippen LogP contribution in [-0.4, -0.2) is 63.4 Å². The van der Waals surface area contributed by atoms with Crippen LogP contribution in [0.5, 0.6) is 0 Å². The van der Waals surface area contributed by atoms with Crippen LogP contribution in [0.4, 0.5) is 0 Å². The average Bonchev–Trinajstić information content (AvgIpc) is 3.14. The van der Waals surface area contributed by atoms with E-state index in [2.05, 4.69) is 4.40 Å². The van der Waals surface area contributed by atoms with Crippen molar-refractivity contribution in [2.45, 2.75) is 11.8 Å². The minimum Gasteiger partial charge on any atom is -0.368 e. The normalized spacial score (nSPS) is 11.7. The van der Waals surface area contributed by atoms with E-state index in [0.717, 1.165) is 16.3 Å². The van der Waals surface area contributed by atoms with Gasteiger partial charge in [-0.1, -0.05) is 23.7 Å². The lowest BCUT2D eigenvalue weighted by Gasteiger charge is -2.15. The SMILES string of the molecule is CON(C)C(=O)c1cc(-c2ccc(Cl)cc2)n(-c2ccc(S(=O)(=O)/N=C/N(C)C)cc2)c1C. The number of halogens is 1. The predicted molar refractivity (Wildman–Crippen MR) is 129 cm³/mol. The fourth-order valence-corrected chi connectivity index (χ4v) is 4.27. The number of hydrogen-bond donors (Lipinski definition) is 0. The number of benzene rings is 2. The summed E-state index contributed by atoms with van der Waals surface area (Å²) < 4.78 is 30.5.